The molecule has 4 heteroatoms. The summed E-state index contributed by atoms with van der Waals surface area (Å²) in [5, 5.41) is 3.44. The zero-order valence-electron chi connectivity index (χ0n) is 13.7. The fourth-order valence-electron chi connectivity index (χ4n) is 2.69. The number of carbonyl (C=O) groups excluding carboxylic acids is 1. The van der Waals surface area contributed by atoms with E-state index in [1.54, 1.807) is 4.90 Å². The minimum absolute atomic E-state index is 0.0258. The van der Waals surface area contributed by atoms with Gasteiger partial charge in [0.1, 0.15) is 11.9 Å². The maximum Gasteiger partial charge on any atom is 0.257 e. The quantitative estimate of drug-likeness (QED) is 0.930. The third-order valence-corrected chi connectivity index (χ3v) is 3.91. The molecule has 4 nitrogen and oxygen atoms in total. The summed E-state index contributed by atoms with van der Waals surface area (Å²) in [4.78, 5) is 14.3. The van der Waals surface area contributed by atoms with Gasteiger partial charge >= 0.3 is 0 Å². The van der Waals surface area contributed by atoms with E-state index < -0.39 is 0 Å². The third-order valence-electron chi connectivity index (χ3n) is 3.91. The Hall–Kier alpha value is -2.49. The highest BCUT2D eigenvalue weighted by Gasteiger charge is 2.29. The summed E-state index contributed by atoms with van der Waals surface area (Å²) in [6.07, 6.45) is -0.194. The largest absolute Gasteiger partial charge is 0.493 e. The zero-order chi connectivity index (χ0) is 16.4. The number of ether oxygens (including phenoxy) is 1. The highest BCUT2D eigenvalue weighted by molar-refractivity contribution is 6.01. The van der Waals surface area contributed by atoms with Crippen molar-refractivity contribution in [2.24, 2.45) is 5.92 Å². The molecule has 0 spiro atoms. The number of amides is 1. The van der Waals surface area contributed by atoms with Gasteiger partial charge in [0.25, 0.3) is 5.91 Å². The number of rotatable bonds is 4. The van der Waals surface area contributed by atoms with E-state index in [-0.39, 0.29) is 12.1 Å². The average molecular weight is 310 g/mol. The lowest BCUT2D eigenvalue weighted by Gasteiger charge is -2.35. The first kappa shape index (κ1) is 15.4. The molecule has 1 aliphatic heterocycles. The van der Waals surface area contributed by atoms with E-state index in [1.165, 1.54) is 0 Å². The van der Waals surface area contributed by atoms with Crippen molar-refractivity contribution in [3.05, 3.63) is 59.7 Å². The molecular weight excluding hydrogens is 288 g/mol. The molecule has 0 saturated heterocycles. The van der Waals surface area contributed by atoms with Gasteiger partial charge in [0.2, 0.25) is 0 Å². The molecule has 0 aliphatic carbocycles. The molecule has 1 amide bonds. The Balaban J connectivity index is 1.87. The lowest BCUT2D eigenvalue weighted by molar-refractivity contribution is 0.0735. The number of nitrogens with one attached hydrogen (secondary N) is 1. The Labute approximate surface area is 137 Å². The Kier molecular flexibility index (Phi) is 4.24. The van der Waals surface area contributed by atoms with Crippen LogP contribution in [-0.4, -0.2) is 24.5 Å². The second-order valence-electron chi connectivity index (χ2n) is 6.29. The number of benzene rings is 2. The molecular formula is C19H22N2O2. The first-order valence-corrected chi connectivity index (χ1v) is 7.91. The maximum atomic E-state index is 12.6. The Morgan fingerprint density at radius 2 is 1.96 bits per heavy atom. The Bertz CT molecular complexity index is 712. The summed E-state index contributed by atoms with van der Waals surface area (Å²) >= 11 is 0. The Morgan fingerprint density at radius 1 is 1.17 bits per heavy atom. The van der Waals surface area contributed by atoms with Gasteiger partial charge in [-0.05, 0) is 35.7 Å². The number of anilines is 1. The van der Waals surface area contributed by atoms with Gasteiger partial charge in [-0.15, -0.1) is 0 Å². The molecule has 0 aromatic heterocycles. The normalized spacial score (nSPS) is 17.0. The first-order chi connectivity index (χ1) is 11.1. The minimum atomic E-state index is -0.194. The lowest BCUT2D eigenvalue weighted by Crippen LogP contribution is -2.40. The maximum absolute atomic E-state index is 12.6. The molecule has 1 unspecified atom stereocenters. The molecule has 0 fully saturated rings. The minimum Gasteiger partial charge on any atom is -0.493 e. The van der Waals surface area contributed by atoms with Crippen LogP contribution in [0, 0.1) is 5.92 Å². The van der Waals surface area contributed by atoms with Crippen LogP contribution in [0.4, 0.5) is 5.69 Å². The van der Waals surface area contributed by atoms with Crippen molar-refractivity contribution in [3.63, 3.8) is 0 Å². The van der Waals surface area contributed by atoms with Gasteiger partial charge in [-0.3, -0.25) is 4.79 Å². The van der Waals surface area contributed by atoms with Crippen LogP contribution >= 0.6 is 0 Å². The lowest BCUT2D eigenvalue weighted by atomic mass is 10.0. The summed E-state index contributed by atoms with van der Waals surface area (Å²) in [5.74, 6) is 1.33. The molecule has 0 radical (unpaired) electrons. The second kappa shape index (κ2) is 6.32. The number of nitrogens with zero attached hydrogens (tertiary/aromatic N) is 1. The summed E-state index contributed by atoms with van der Waals surface area (Å²) < 4.78 is 5.80. The van der Waals surface area contributed by atoms with Crippen LogP contribution in [0.2, 0.25) is 0 Å². The molecule has 2 aromatic rings. The number of para-hydroxylation sites is 1. The average Bonchev–Trinajstić information content (AvgIpc) is 2.56. The predicted octanol–water partition coefficient (Wildman–Crippen LogP) is 3.92. The van der Waals surface area contributed by atoms with Crippen LogP contribution in [0.25, 0.3) is 0 Å². The standard InChI is InChI=1S/C19H22N2O2/c1-13(2)12-23-15-8-6-7-14(11-15)18-20-17-10-5-4-9-16(17)19(22)21(18)3/h4-11,13,18,20H,12H2,1-3H3. The van der Waals surface area contributed by atoms with Crippen molar-refractivity contribution in [1.82, 2.24) is 4.90 Å². The van der Waals surface area contributed by atoms with Crippen molar-refractivity contribution in [2.75, 3.05) is 19.0 Å². The van der Waals surface area contributed by atoms with Crippen molar-refractivity contribution in [1.29, 1.82) is 0 Å². The monoisotopic (exact) mass is 310 g/mol. The molecule has 120 valence electrons. The van der Waals surface area contributed by atoms with Crippen molar-refractivity contribution in [2.45, 2.75) is 20.0 Å². The molecule has 1 atom stereocenters. The fourth-order valence-corrected chi connectivity index (χ4v) is 2.69. The molecule has 1 aliphatic rings. The molecule has 1 heterocycles. The van der Waals surface area contributed by atoms with E-state index in [2.05, 4.69) is 19.2 Å². The highest BCUT2D eigenvalue weighted by Crippen LogP contribution is 2.32. The van der Waals surface area contributed by atoms with Gasteiger partial charge in [-0.1, -0.05) is 38.1 Å². The topological polar surface area (TPSA) is 41.6 Å². The first-order valence-electron chi connectivity index (χ1n) is 7.91. The summed E-state index contributed by atoms with van der Waals surface area (Å²) in [5.41, 5.74) is 2.59. The van der Waals surface area contributed by atoms with Gasteiger partial charge in [0, 0.05) is 12.7 Å². The van der Waals surface area contributed by atoms with E-state index in [0.29, 0.717) is 18.1 Å². The highest BCUT2D eigenvalue weighted by atomic mass is 16.5. The Morgan fingerprint density at radius 3 is 2.74 bits per heavy atom. The molecule has 1 N–H and O–H groups in total. The molecule has 0 bridgehead atoms. The van der Waals surface area contributed by atoms with Crippen molar-refractivity contribution >= 4 is 11.6 Å². The smallest absolute Gasteiger partial charge is 0.257 e. The van der Waals surface area contributed by atoms with Crippen LogP contribution in [-0.2, 0) is 0 Å². The summed E-state index contributed by atoms with van der Waals surface area (Å²) in [7, 11) is 1.82. The number of fused-ring (bicyclic) bond motifs is 1. The van der Waals surface area contributed by atoms with Gasteiger partial charge in [-0.25, -0.2) is 0 Å². The van der Waals surface area contributed by atoms with Crippen molar-refractivity contribution in [3.8, 4) is 5.75 Å². The predicted molar refractivity (Wildman–Crippen MR) is 91.7 cm³/mol. The van der Waals surface area contributed by atoms with Gasteiger partial charge in [0.05, 0.1) is 12.2 Å². The number of hydrogen-bond acceptors (Lipinski definition) is 3. The van der Waals surface area contributed by atoms with Gasteiger partial charge < -0.3 is 15.0 Å². The van der Waals surface area contributed by atoms with Crippen molar-refractivity contribution < 1.29 is 9.53 Å². The van der Waals surface area contributed by atoms with E-state index in [4.69, 9.17) is 4.74 Å². The van der Waals surface area contributed by atoms with E-state index in [0.717, 1.165) is 17.0 Å². The van der Waals surface area contributed by atoms with Crippen LogP contribution in [0.3, 0.4) is 0 Å². The fraction of sp³-hybridized carbons (Fsp3) is 0.316. The third kappa shape index (κ3) is 3.16. The summed E-state index contributed by atoms with van der Waals surface area (Å²) in [6.45, 7) is 4.92. The number of carbonyl (C=O) groups is 1. The van der Waals surface area contributed by atoms with Crippen LogP contribution < -0.4 is 10.1 Å². The van der Waals surface area contributed by atoms with Crippen LogP contribution in [0.5, 0.6) is 5.75 Å². The second-order valence-corrected chi connectivity index (χ2v) is 6.29. The van der Waals surface area contributed by atoms with E-state index in [9.17, 15) is 4.79 Å². The van der Waals surface area contributed by atoms with Crippen LogP contribution in [0.1, 0.15) is 35.9 Å². The number of hydrogen-bond donors (Lipinski definition) is 1. The molecule has 2 aromatic carbocycles. The molecule has 0 saturated carbocycles. The molecule has 23 heavy (non-hydrogen) atoms. The van der Waals surface area contributed by atoms with Gasteiger partial charge in [-0.2, -0.15) is 0 Å². The van der Waals surface area contributed by atoms with E-state index in [1.807, 2.05) is 55.6 Å². The SMILES string of the molecule is CC(C)COc1cccc(C2Nc3ccccc3C(=O)N2C)c1. The summed E-state index contributed by atoms with van der Waals surface area (Å²) in [6, 6.07) is 15.5. The van der Waals surface area contributed by atoms with E-state index >= 15 is 0 Å². The zero-order valence-corrected chi connectivity index (χ0v) is 13.7. The van der Waals surface area contributed by atoms with Gasteiger partial charge in [0.15, 0.2) is 0 Å². The van der Waals surface area contributed by atoms with Crippen LogP contribution in [0.15, 0.2) is 48.5 Å². The molecule has 3 rings (SSSR count).